The second-order valence-electron chi connectivity index (χ2n) is 7.63. The van der Waals surface area contributed by atoms with Gasteiger partial charge in [0.1, 0.15) is 5.82 Å². The molecule has 1 amide bonds. The van der Waals surface area contributed by atoms with Crippen LogP contribution < -0.4 is 10.9 Å². The molecule has 0 radical (unpaired) electrons. The van der Waals surface area contributed by atoms with Gasteiger partial charge in [-0.05, 0) is 65.5 Å². The topological polar surface area (TPSA) is 59.2 Å². The zero-order valence-electron chi connectivity index (χ0n) is 16.1. The molecule has 1 aliphatic rings. The van der Waals surface area contributed by atoms with Gasteiger partial charge in [0.25, 0.3) is 0 Å². The number of nitrogens with two attached hydrogens (primary N) is 1. The Morgan fingerprint density at radius 2 is 1.96 bits per heavy atom. The van der Waals surface area contributed by atoms with E-state index in [1.807, 2.05) is 6.07 Å². The molecule has 2 atom stereocenters. The molecule has 138 valence electrons. The van der Waals surface area contributed by atoms with Crippen molar-refractivity contribution in [3.63, 3.8) is 0 Å². The highest BCUT2D eigenvalue weighted by molar-refractivity contribution is 5.97. The fraction of sp³-hybridized carbons (Fsp3) is 0.304. The van der Waals surface area contributed by atoms with E-state index in [1.54, 1.807) is 6.20 Å². The smallest absolute Gasteiger partial charge is 0.245 e. The van der Waals surface area contributed by atoms with E-state index in [4.69, 9.17) is 5.84 Å². The number of nitrogens with zero attached hydrogens (tertiary/aromatic N) is 2. The molecule has 4 heteroatoms. The van der Waals surface area contributed by atoms with Gasteiger partial charge in [0, 0.05) is 17.5 Å². The van der Waals surface area contributed by atoms with Gasteiger partial charge in [-0.2, -0.15) is 0 Å². The Labute approximate surface area is 160 Å². The van der Waals surface area contributed by atoms with Gasteiger partial charge < -0.3 is 0 Å². The van der Waals surface area contributed by atoms with Crippen LogP contribution in [0.1, 0.15) is 31.4 Å². The summed E-state index contributed by atoms with van der Waals surface area (Å²) in [7, 11) is 0. The fourth-order valence-electron chi connectivity index (χ4n) is 3.59. The van der Waals surface area contributed by atoms with E-state index in [1.165, 1.54) is 27.3 Å². The molecule has 3 aromatic rings. The molecule has 0 spiro atoms. The van der Waals surface area contributed by atoms with E-state index >= 15 is 0 Å². The van der Waals surface area contributed by atoms with Crippen LogP contribution in [0.4, 0.5) is 5.82 Å². The number of rotatable bonds is 4. The molecule has 1 fully saturated rings. The molecule has 0 saturated heterocycles. The van der Waals surface area contributed by atoms with Crippen LogP contribution in [0.3, 0.4) is 0 Å². The van der Waals surface area contributed by atoms with Gasteiger partial charge in [-0.1, -0.05) is 44.2 Å². The predicted octanol–water partition coefficient (Wildman–Crippen LogP) is 4.64. The van der Waals surface area contributed by atoms with Gasteiger partial charge in [-0.15, -0.1) is 0 Å². The number of hydrazine groups is 1. The lowest BCUT2D eigenvalue weighted by molar-refractivity contribution is -0.120. The molecule has 0 aliphatic heterocycles. The molecule has 1 heterocycles. The lowest BCUT2D eigenvalue weighted by atomic mass is 9.96. The summed E-state index contributed by atoms with van der Waals surface area (Å²) >= 11 is 0. The van der Waals surface area contributed by atoms with Crippen molar-refractivity contribution in [2.75, 3.05) is 5.01 Å². The Morgan fingerprint density at radius 1 is 1.19 bits per heavy atom. The lowest BCUT2D eigenvalue weighted by Crippen LogP contribution is -2.39. The summed E-state index contributed by atoms with van der Waals surface area (Å²) in [6, 6.07) is 14.9. The molecule has 27 heavy (non-hydrogen) atoms. The number of anilines is 1. The number of carbonyl (C=O) groups is 1. The molecule has 2 aromatic carbocycles. The molecular formula is C23H25N3O. The van der Waals surface area contributed by atoms with Crippen LogP contribution in [0.5, 0.6) is 0 Å². The maximum atomic E-state index is 12.4. The van der Waals surface area contributed by atoms with Gasteiger partial charge in [-0.25, -0.2) is 15.8 Å². The summed E-state index contributed by atoms with van der Waals surface area (Å²) < 4.78 is 0. The number of fused-ring (bicyclic) bond motifs is 1. The van der Waals surface area contributed by atoms with Crippen LogP contribution >= 0.6 is 0 Å². The van der Waals surface area contributed by atoms with E-state index in [0.29, 0.717) is 11.7 Å². The minimum atomic E-state index is -0.0435. The normalized spacial score (nSPS) is 18.5. The van der Waals surface area contributed by atoms with Gasteiger partial charge >= 0.3 is 0 Å². The van der Waals surface area contributed by atoms with Crippen molar-refractivity contribution in [3.8, 4) is 11.1 Å². The molecule has 1 unspecified atom stereocenters. The Bertz CT molecular complexity index is 1030. The average molecular weight is 359 g/mol. The van der Waals surface area contributed by atoms with E-state index in [2.05, 4.69) is 62.2 Å². The Kier molecular flexibility index (Phi) is 4.44. The SMILES string of the molecule is CCc1ccc(C)c(-c2ccc3cc(N(N)C(=O)[C@H]4CC4C)ncc3c2)c1. The molecule has 2 N–H and O–H groups in total. The Morgan fingerprint density at radius 3 is 2.67 bits per heavy atom. The van der Waals surface area contributed by atoms with E-state index in [-0.39, 0.29) is 11.8 Å². The van der Waals surface area contributed by atoms with Crippen LogP contribution in [0.2, 0.25) is 0 Å². The van der Waals surface area contributed by atoms with Crippen LogP contribution in [0.25, 0.3) is 21.9 Å². The number of aryl methyl sites for hydroxylation is 2. The number of pyridine rings is 1. The summed E-state index contributed by atoms with van der Waals surface area (Å²) in [5, 5.41) is 3.27. The first kappa shape index (κ1) is 17.7. The first-order valence-electron chi connectivity index (χ1n) is 9.56. The number of hydrogen-bond acceptors (Lipinski definition) is 3. The third-order valence-electron chi connectivity index (χ3n) is 5.64. The number of aromatic nitrogens is 1. The van der Waals surface area contributed by atoms with Crippen LogP contribution in [0.15, 0.2) is 48.7 Å². The molecule has 0 bridgehead atoms. The maximum absolute atomic E-state index is 12.4. The third-order valence-corrected chi connectivity index (χ3v) is 5.64. The molecule has 4 rings (SSSR count). The zero-order chi connectivity index (χ0) is 19.1. The number of carbonyl (C=O) groups excluding carboxylic acids is 1. The standard InChI is InChI=1S/C23H25N3O/c1-4-16-6-5-14(2)20(10-16)18-8-7-17-12-22(25-13-19(17)11-18)26(24)23(27)21-9-15(21)3/h5-8,10-13,15,21H,4,9,24H2,1-3H3/t15?,21-/m0/s1. The predicted molar refractivity (Wildman–Crippen MR) is 110 cm³/mol. The summed E-state index contributed by atoms with van der Waals surface area (Å²) in [4.78, 5) is 16.8. The quantitative estimate of drug-likeness (QED) is 0.419. The van der Waals surface area contributed by atoms with Crippen LogP contribution in [-0.2, 0) is 11.2 Å². The number of hydrogen-bond donors (Lipinski definition) is 1. The summed E-state index contributed by atoms with van der Waals surface area (Å²) in [5.41, 5.74) is 5.01. The minimum Gasteiger partial charge on any atom is -0.273 e. The van der Waals surface area contributed by atoms with Gasteiger partial charge in [0.15, 0.2) is 0 Å². The van der Waals surface area contributed by atoms with Crippen molar-refractivity contribution >= 4 is 22.5 Å². The van der Waals surface area contributed by atoms with Crippen molar-refractivity contribution < 1.29 is 4.79 Å². The van der Waals surface area contributed by atoms with Crippen molar-refractivity contribution in [1.82, 2.24) is 4.98 Å². The second kappa shape index (κ2) is 6.78. The van der Waals surface area contributed by atoms with E-state index in [9.17, 15) is 4.79 Å². The highest BCUT2D eigenvalue weighted by Gasteiger charge is 2.41. The second-order valence-corrected chi connectivity index (χ2v) is 7.63. The Hall–Kier alpha value is -2.72. The van der Waals surface area contributed by atoms with E-state index < -0.39 is 0 Å². The van der Waals surface area contributed by atoms with Crippen molar-refractivity contribution in [3.05, 3.63) is 59.8 Å². The zero-order valence-corrected chi connectivity index (χ0v) is 16.1. The van der Waals surface area contributed by atoms with Gasteiger partial charge in [0.2, 0.25) is 5.91 Å². The summed E-state index contributed by atoms with van der Waals surface area (Å²) in [6.07, 6.45) is 3.74. The van der Waals surface area contributed by atoms with E-state index in [0.717, 1.165) is 23.6 Å². The lowest BCUT2D eigenvalue weighted by Gasteiger charge is -2.16. The summed E-state index contributed by atoms with van der Waals surface area (Å²) in [5.74, 6) is 6.96. The van der Waals surface area contributed by atoms with Crippen molar-refractivity contribution in [1.29, 1.82) is 0 Å². The molecule has 4 nitrogen and oxygen atoms in total. The largest absolute Gasteiger partial charge is 0.273 e. The first-order chi connectivity index (χ1) is 13.0. The Balaban J connectivity index is 1.67. The monoisotopic (exact) mass is 359 g/mol. The molecule has 1 saturated carbocycles. The van der Waals surface area contributed by atoms with Crippen LogP contribution in [-0.4, -0.2) is 10.9 Å². The highest BCUT2D eigenvalue weighted by atomic mass is 16.2. The molecule has 1 aliphatic carbocycles. The van der Waals surface area contributed by atoms with Crippen molar-refractivity contribution in [2.24, 2.45) is 17.7 Å². The maximum Gasteiger partial charge on any atom is 0.245 e. The third kappa shape index (κ3) is 3.33. The molecular weight excluding hydrogens is 334 g/mol. The summed E-state index contributed by atoms with van der Waals surface area (Å²) in [6.45, 7) is 6.38. The minimum absolute atomic E-state index is 0.0435. The number of benzene rings is 2. The fourth-order valence-corrected chi connectivity index (χ4v) is 3.59. The molecule has 1 aromatic heterocycles. The highest BCUT2D eigenvalue weighted by Crippen LogP contribution is 2.39. The van der Waals surface area contributed by atoms with Crippen LogP contribution in [0, 0.1) is 18.8 Å². The average Bonchev–Trinajstić information content (AvgIpc) is 3.43. The van der Waals surface area contributed by atoms with Gasteiger partial charge in [0.05, 0.1) is 0 Å². The number of amides is 1. The van der Waals surface area contributed by atoms with Gasteiger partial charge in [-0.3, -0.25) is 4.79 Å². The van der Waals surface area contributed by atoms with Crippen molar-refractivity contribution in [2.45, 2.75) is 33.6 Å². The first-order valence-corrected chi connectivity index (χ1v) is 9.56.